The predicted octanol–water partition coefficient (Wildman–Crippen LogP) is 4.13. The van der Waals surface area contributed by atoms with Gasteiger partial charge >= 0.3 is 83.4 Å². The summed E-state index contributed by atoms with van der Waals surface area (Å²) < 4.78 is 1.29. The van der Waals surface area contributed by atoms with Gasteiger partial charge in [-0.05, 0) is 0 Å². The second-order valence-corrected chi connectivity index (χ2v) is 30.0. The Balaban J connectivity index is 2.81. The van der Waals surface area contributed by atoms with Crippen molar-refractivity contribution in [2.45, 2.75) is 56.9 Å². The molecule has 0 radical (unpaired) electrons. The van der Waals surface area contributed by atoms with Gasteiger partial charge in [-0.3, -0.25) is 0 Å². The Kier molecular flexibility index (Phi) is 3.42. The first-order chi connectivity index (χ1) is 5.40. The van der Waals surface area contributed by atoms with Gasteiger partial charge in [0.1, 0.15) is 0 Å². The van der Waals surface area contributed by atoms with Crippen LogP contribution in [-0.2, 0) is 0 Å². The van der Waals surface area contributed by atoms with Crippen LogP contribution in [0.25, 0.3) is 0 Å². The normalized spacial score (nSPS) is 28.8. The molecule has 72 valence electrons. The zero-order chi connectivity index (χ0) is 9.41. The van der Waals surface area contributed by atoms with Crippen LogP contribution in [-0.4, -0.2) is 26.5 Å². The molecule has 0 N–H and O–H groups in total. The van der Waals surface area contributed by atoms with Crippen LogP contribution in [0.3, 0.4) is 0 Å². The molecule has 0 aromatic heterocycles. The summed E-state index contributed by atoms with van der Waals surface area (Å²) in [5.74, 6) is 10.7. The van der Waals surface area contributed by atoms with E-state index in [1.807, 2.05) is 0 Å². The van der Waals surface area contributed by atoms with Gasteiger partial charge in [-0.15, -0.1) is 0 Å². The van der Waals surface area contributed by atoms with Crippen molar-refractivity contribution in [3.8, 4) is 0 Å². The summed E-state index contributed by atoms with van der Waals surface area (Å²) >= 11 is -2.55. The van der Waals surface area contributed by atoms with Crippen molar-refractivity contribution in [1.29, 1.82) is 0 Å². The first-order valence-corrected chi connectivity index (χ1v) is 19.2. The van der Waals surface area contributed by atoms with E-state index in [-0.39, 0.29) is 0 Å². The second-order valence-electron chi connectivity index (χ2n) is 5.79. The van der Waals surface area contributed by atoms with Crippen LogP contribution in [0.5, 0.6) is 0 Å². The van der Waals surface area contributed by atoms with Crippen molar-refractivity contribution in [3.05, 3.63) is 0 Å². The Morgan fingerprint density at radius 3 is 1.67 bits per heavy atom. The van der Waals surface area contributed by atoms with E-state index in [2.05, 4.69) is 29.9 Å². The fourth-order valence-electron chi connectivity index (χ4n) is 3.51. The summed E-state index contributed by atoms with van der Waals surface area (Å²) in [6.07, 6.45) is 3.11. The van der Waals surface area contributed by atoms with Gasteiger partial charge in [0.05, 0.1) is 0 Å². The van der Waals surface area contributed by atoms with E-state index in [4.69, 9.17) is 0 Å². The standard InChI is InChI=1S/C10H24Ge2/c1-6-10-11(2,3)8-7-9-12(10,4)5/h10H,6-9H2,1-5H3. The quantitative estimate of drug-likeness (QED) is 0.637. The van der Waals surface area contributed by atoms with Gasteiger partial charge in [0, 0.05) is 0 Å². The molecular weight excluding hydrogens is 265 g/mol. The molecule has 1 rings (SSSR count). The van der Waals surface area contributed by atoms with Crippen molar-refractivity contribution >= 4 is 26.5 Å². The Hall–Kier alpha value is 1.09. The Morgan fingerprint density at radius 2 is 1.42 bits per heavy atom. The van der Waals surface area contributed by atoms with Gasteiger partial charge < -0.3 is 0 Å². The average molecular weight is 290 g/mol. The van der Waals surface area contributed by atoms with Crippen LogP contribution in [0.1, 0.15) is 19.8 Å². The molecule has 0 saturated carbocycles. The first-order valence-electron chi connectivity index (χ1n) is 5.40. The molecule has 1 saturated heterocycles. The SMILES string of the molecule is CC[CH]1[Ge]([CH3])([CH3])[CH2]C[CH2][Ge]1([CH3])[CH3]. The molecule has 0 aromatic carbocycles. The van der Waals surface area contributed by atoms with E-state index in [1.54, 1.807) is 16.9 Å². The first kappa shape index (κ1) is 11.2. The zero-order valence-electron chi connectivity index (χ0n) is 9.41. The van der Waals surface area contributed by atoms with Crippen LogP contribution in [0, 0.1) is 0 Å². The summed E-state index contributed by atoms with van der Waals surface area (Å²) in [6.45, 7) is 2.44. The summed E-state index contributed by atoms with van der Waals surface area (Å²) in [7, 11) is 0. The van der Waals surface area contributed by atoms with Gasteiger partial charge in [-0.1, -0.05) is 0 Å². The molecule has 2 heteroatoms. The predicted molar refractivity (Wildman–Crippen MR) is 63.2 cm³/mol. The monoisotopic (exact) mass is 292 g/mol. The van der Waals surface area contributed by atoms with E-state index in [9.17, 15) is 0 Å². The summed E-state index contributed by atoms with van der Waals surface area (Å²) in [5.41, 5.74) is 0. The van der Waals surface area contributed by atoms with Gasteiger partial charge in [0.15, 0.2) is 0 Å². The summed E-state index contributed by atoms with van der Waals surface area (Å²) in [6, 6.07) is 0. The topological polar surface area (TPSA) is 0 Å². The maximum atomic E-state index is 2.68. The van der Waals surface area contributed by atoms with Crippen molar-refractivity contribution in [2.75, 3.05) is 0 Å². The maximum absolute atomic E-state index is 2.68. The Labute approximate surface area is 83.2 Å². The molecule has 0 aromatic rings. The molecule has 1 aliphatic heterocycles. The molecule has 12 heavy (non-hydrogen) atoms. The van der Waals surface area contributed by atoms with Crippen LogP contribution in [0.2, 0.25) is 37.1 Å². The third-order valence-corrected chi connectivity index (χ3v) is 37.5. The zero-order valence-corrected chi connectivity index (χ0v) is 13.6. The molecule has 0 nitrogen and oxygen atoms in total. The Bertz CT molecular complexity index is 145. The number of rotatable bonds is 1. The molecule has 0 spiro atoms. The van der Waals surface area contributed by atoms with E-state index in [0.29, 0.717) is 0 Å². The number of hydrogen-bond acceptors (Lipinski definition) is 0. The summed E-state index contributed by atoms with van der Waals surface area (Å²) in [5, 5.41) is 3.32. The average Bonchev–Trinajstić information content (AvgIpc) is 1.83. The minimum absolute atomic E-state index is 1.27. The molecule has 0 bridgehead atoms. The third-order valence-electron chi connectivity index (χ3n) is 3.94. The Morgan fingerprint density at radius 1 is 1.00 bits per heavy atom. The van der Waals surface area contributed by atoms with Crippen molar-refractivity contribution in [1.82, 2.24) is 0 Å². The fourth-order valence-corrected chi connectivity index (χ4v) is 46.4. The fraction of sp³-hybridized carbons (Fsp3) is 1.00. The summed E-state index contributed by atoms with van der Waals surface area (Å²) in [4.78, 5) is 0. The van der Waals surface area contributed by atoms with Crippen LogP contribution in [0.4, 0.5) is 0 Å². The van der Waals surface area contributed by atoms with Crippen LogP contribution >= 0.6 is 0 Å². The van der Waals surface area contributed by atoms with Crippen LogP contribution in [0.15, 0.2) is 0 Å². The molecular formula is C10H24Ge2. The van der Waals surface area contributed by atoms with Gasteiger partial charge in [0.25, 0.3) is 0 Å². The number of hydrogen-bond donors (Lipinski definition) is 0. The van der Waals surface area contributed by atoms with Gasteiger partial charge in [-0.2, -0.15) is 0 Å². The van der Waals surface area contributed by atoms with Gasteiger partial charge in [-0.25, -0.2) is 0 Å². The van der Waals surface area contributed by atoms with Crippen LogP contribution < -0.4 is 0 Å². The molecule has 0 amide bonds. The van der Waals surface area contributed by atoms with E-state index >= 15 is 0 Å². The molecule has 1 heterocycles. The third kappa shape index (κ3) is 2.12. The molecule has 1 aliphatic rings. The molecule has 0 unspecified atom stereocenters. The van der Waals surface area contributed by atoms with E-state index in [1.165, 1.54) is 10.0 Å². The minimum atomic E-state index is -1.27. The molecule has 0 aliphatic carbocycles. The van der Waals surface area contributed by atoms with Gasteiger partial charge in [0.2, 0.25) is 0 Å². The van der Waals surface area contributed by atoms with Crippen molar-refractivity contribution < 1.29 is 0 Å². The second kappa shape index (κ2) is 3.68. The van der Waals surface area contributed by atoms with Crippen molar-refractivity contribution in [2.24, 2.45) is 0 Å². The van der Waals surface area contributed by atoms with E-state index in [0.717, 1.165) is 0 Å². The van der Waals surface area contributed by atoms with E-state index < -0.39 is 26.5 Å². The molecule has 1 fully saturated rings. The van der Waals surface area contributed by atoms with Crippen molar-refractivity contribution in [3.63, 3.8) is 0 Å². The molecule has 0 atom stereocenters.